The number of benzene rings is 1. The fourth-order valence-electron chi connectivity index (χ4n) is 3.33. The molecule has 134 valence electrons. The molecule has 1 aromatic carbocycles. The maximum atomic E-state index is 12.3. The van der Waals surface area contributed by atoms with Crippen LogP contribution in [0.15, 0.2) is 18.2 Å². The molecule has 0 radical (unpaired) electrons. The van der Waals surface area contributed by atoms with Gasteiger partial charge in [0.25, 0.3) is 0 Å². The van der Waals surface area contributed by atoms with Crippen molar-refractivity contribution in [1.82, 2.24) is 9.80 Å². The van der Waals surface area contributed by atoms with E-state index in [0.717, 1.165) is 39.3 Å². The van der Waals surface area contributed by atoms with Crippen LogP contribution in [0, 0.1) is 13.8 Å². The lowest BCUT2D eigenvalue weighted by Crippen LogP contribution is -2.51. The Hall–Kier alpha value is -1.30. The number of carbonyl (C=O) groups excluding carboxylic acids is 1. The van der Waals surface area contributed by atoms with Crippen LogP contribution in [0.4, 0.5) is 5.69 Å². The lowest BCUT2D eigenvalue weighted by molar-refractivity contribution is -0.136. The number of halogens is 1. The molecule has 5 nitrogen and oxygen atoms in total. The Labute approximate surface area is 151 Å². The van der Waals surface area contributed by atoms with E-state index in [1.807, 2.05) is 4.90 Å². The summed E-state index contributed by atoms with van der Waals surface area (Å²) in [5, 5.41) is 0. The molecule has 2 aliphatic heterocycles. The minimum Gasteiger partial charge on any atom is -0.378 e. The van der Waals surface area contributed by atoms with E-state index in [1.165, 1.54) is 16.8 Å². The fraction of sp³-hybridized carbons (Fsp3) is 0.611. The average molecular weight is 354 g/mol. The van der Waals surface area contributed by atoms with E-state index < -0.39 is 0 Å². The van der Waals surface area contributed by atoms with Crippen LogP contribution in [0.5, 0.6) is 0 Å². The minimum atomic E-state index is 0. The zero-order valence-electron chi connectivity index (χ0n) is 14.7. The second-order valence-electron chi connectivity index (χ2n) is 6.48. The smallest absolute Gasteiger partial charge is 0.236 e. The molecule has 2 aliphatic rings. The second kappa shape index (κ2) is 8.70. The number of hydrogen-bond acceptors (Lipinski definition) is 4. The molecule has 3 rings (SSSR count). The molecular weight excluding hydrogens is 326 g/mol. The van der Waals surface area contributed by atoms with E-state index in [1.54, 1.807) is 0 Å². The summed E-state index contributed by atoms with van der Waals surface area (Å²) in [4.78, 5) is 19.0. The van der Waals surface area contributed by atoms with Gasteiger partial charge in [0, 0.05) is 45.0 Å². The van der Waals surface area contributed by atoms with E-state index in [2.05, 4.69) is 41.8 Å². The van der Waals surface area contributed by atoms with Gasteiger partial charge in [-0.15, -0.1) is 12.4 Å². The predicted octanol–water partition coefficient (Wildman–Crippen LogP) is 1.71. The zero-order chi connectivity index (χ0) is 16.2. The van der Waals surface area contributed by atoms with Gasteiger partial charge in [-0.25, -0.2) is 0 Å². The first-order chi connectivity index (χ1) is 11.1. The van der Waals surface area contributed by atoms with E-state index in [9.17, 15) is 4.79 Å². The number of anilines is 1. The minimum absolute atomic E-state index is 0. The number of aryl methyl sites for hydroxylation is 1. The van der Waals surface area contributed by atoms with Crippen LogP contribution in [0.2, 0.25) is 0 Å². The van der Waals surface area contributed by atoms with E-state index in [-0.39, 0.29) is 18.3 Å². The van der Waals surface area contributed by atoms with Gasteiger partial charge in [-0.1, -0.05) is 12.1 Å². The van der Waals surface area contributed by atoms with Crippen molar-refractivity contribution in [2.24, 2.45) is 0 Å². The summed E-state index contributed by atoms with van der Waals surface area (Å²) in [6.07, 6.45) is 0. The number of carbonyl (C=O) groups is 1. The summed E-state index contributed by atoms with van der Waals surface area (Å²) >= 11 is 0. The van der Waals surface area contributed by atoms with Crippen molar-refractivity contribution in [2.75, 3.05) is 63.9 Å². The summed E-state index contributed by atoms with van der Waals surface area (Å²) in [6.45, 7) is 11.6. The molecule has 24 heavy (non-hydrogen) atoms. The van der Waals surface area contributed by atoms with Gasteiger partial charge in [0.1, 0.15) is 0 Å². The number of rotatable bonds is 3. The Bertz CT molecular complexity index is 553. The number of ether oxygens (including phenoxy) is 1. The maximum Gasteiger partial charge on any atom is 0.236 e. The SMILES string of the molecule is Cc1cccc(N2CCN(CC(=O)N3CCOCC3)CC2)c1C.Cl. The van der Waals surface area contributed by atoms with Crippen LogP contribution >= 0.6 is 12.4 Å². The molecule has 0 aliphatic carbocycles. The van der Waals surface area contributed by atoms with E-state index in [4.69, 9.17) is 4.74 Å². The van der Waals surface area contributed by atoms with Gasteiger partial charge >= 0.3 is 0 Å². The molecule has 0 aromatic heterocycles. The van der Waals surface area contributed by atoms with Crippen LogP contribution in [-0.2, 0) is 9.53 Å². The first-order valence-electron chi connectivity index (χ1n) is 8.54. The highest BCUT2D eigenvalue weighted by atomic mass is 35.5. The Morgan fingerprint density at radius 3 is 2.38 bits per heavy atom. The van der Waals surface area contributed by atoms with Gasteiger partial charge < -0.3 is 14.5 Å². The highest BCUT2D eigenvalue weighted by Gasteiger charge is 2.23. The molecule has 0 spiro atoms. The monoisotopic (exact) mass is 353 g/mol. The largest absolute Gasteiger partial charge is 0.378 e. The molecule has 2 saturated heterocycles. The average Bonchev–Trinajstić information content (AvgIpc) is 2.59. The van der Waals surface area contributed by atoms with E-state index in [0.29, 0.717) is 19.8 Å². The Morgan fingerprint density at radius 2 is 1.71 bits per heavy atom. The summed E-state index contributed by atoms with van der Waals surface area (Å²) < 4.78 is 5.31. The van der Waals surface area contributed by atoms with Gasteiger partial charge in [0.15, 0.2) is 0 Å². The molecule has 0 saturated carbocycles. The van der Waals surface area contributed by atoms with Crippen LogP contribution in [0.1, 0.15) is 11.1 Å². The first-order valence-corrected chi connectivity index (χ1v) is 8.54. The Balaban J connectivity index is 0.00000208. The van der Waals surface area contributed by atoms with Gasteiger partial charge in [-0.2, -0.15) is 0 Å². The number of hydrogen-bond donors (Lipinski definition) is 0. The van der Waals surface area contributed by atoms with Crippen LogP contribution in [0.3, 0.4) is 0 Å². The van der Waals surface area contributed by atoms with Crippen LogP contribution < -0.4 is 4.90 Å². The van der Waals surface area contributed by atoms with Gasteiger partial charge in [-0.3, -0.25) is 9.69 Å². The molecule has 0 N–H and O–H groups in total. The fourth-order valence-corrected chi connectivity index (χ4v) is 3.33. The molecule has 6 heteroatoms. The summed E-state index contributed by atoms with van der Waals surface area (Å²) in [5.41, 5.74) is 4.04. The summed E-state index contributed by atoms with van der Waals surface area (Å²) in [5.74, 6) is 0.244. The number of nitrogens with zero attached hydrogens (tertiary/aromatic N) is 3. The molecule has 2 fully saturated rings. The van der Waals surface area contributed by atoms with Crippen molar-refractivity contribution in [2.45, 2.75) is 13.8 Å². The van der Waals surface area contributed by atoms with Crippen LogP contribution in [0.25, 0.3) is 0 Å². The molecule has 1 aromatic rings. The van der Waals surface area contributed by atoms with Crippen molar-refractivity contribution < 1.29 is 9.53 Å². The number of piperazine rings is 1. The van der Waals surface area contributed by atoms with E-state index >= 15 is 0 Å². The standard InChI is InChI=1S/C18H27N3O2.ClH/c1-15-4-3-5-17(16(15)2)20-8-6-19(7-9-20)14-18(22)21-10-12-23-13-11-21;/h3-5H,6-14H2,1-2H3;1H. The Morgan fingerprint density at radius 1 is 1.04 bits per heavy atom. The molecule has 2 heterocycles. The predicted molar refractivity (Wildman–Crippen MR) is 99.2 cm³/mol. The van der Waals surface area contributed by atoms with Crippen molar-refractivity contribution in [1.29, 1.82) is 0 Å². The lowest BCUT2D eigenvalue weighted by atomic mass is 10.1. The summed E-state index contributed by atoms with van der Waals surface area (Å²) in [6, 6.07) is 6.50. The molecule has 0 bridgehead atoms. The number of morpholine rings is 1. The topological polar surface area (TPSA) is 36.0 Å². The van der Waals surface area contributed by atoms with Crippen molar-refractivity contribution >= 4 is 24.0 Å². The highest BCUT2D eigenvalue weighted by Crippen LogP contribution is 2.23. The second-order valence-corrected chi connectivity index (χ2v) is 6.48. The van der Waals surface area contributed by atoms with Gasteiger partial charge in [0.05, 0.1) is 19.8 Å². The third-order valence-corrected chi connectivity index (χ3v) is 5.01. The number of amides is 1. The highest BCUT2D eigenvalue weighted by molar-refractivity contribution is 5.85. The van der Waals surface area contributed by atoms with Gasteiger partial charge in [-0.05, 0) is 31.0 Å². The molecule has 0 atom stereocenters. The third kappa shape index (κ3) is 4.41. The Kier molecular flexibility index (Phi) is 6.90. The maximum absolute atomic E-state index is 12.3. The molecule has 0 unspecified atom stereocenters. The molecular formula is C18H28ClN3O2. The quantitative estimate of drug-likeness (QED) is 0.828. The summed E-state index contributed by atoms with van der Waals surface area (Å²) in [7, 11) is 0. The lowest BCUT2D eigenvalue weighted by Gasteiger charge is -2.37. The third-order valence-electron chi connectivity index (χ3n) is 5.01. The van der Waals surface area contributed by atoms with Gasteiger partial charge in [0.2, 0.25) is 5.91 Å². The normalized spacial score (nSPS) is 19.1. The zero-order valence-corrected chi connectivity index (χ0v) is 15.5. The van der Waals surface area contributed by atoms with Crippen molar-refractivity contribution in [3.63, 3.8) is 0 Å². The van der Waals surface area contributed by atoms with Crippen molar-refractivity contribution in [3.8, 4) is 0 Å². The van der Waals surface area contributed by atoms with Crippen LogP contribution in [-0.4, -0.2) is 74.7 Å². The van der Waals surface area contributed by atoms with Crippen molar-refractivity contribution in [3.05, 3.63) is 29.3 Å². The molecule has 1 amide bonds. The first kappa shape index (κ1) is 19.0.